The summed E-state index contributed by atoms with van der Waals surface area (Å²) in [5.41, 5.74) is 5.80. The zero-order chi connectivity index (χ0) is 17.1. The van der Waals surface area contributed by atoms with Crippen LogP contribution in [0.1, 0.15) is 55.8 Å². The SMILES string of the molecule is COC1CCC(Nc2ncc(C(N)=O)c(NC3CC(C)C3)n2)CC1. The van der Waals surface area contributed by atoms with Gasteiger partial charge in [-0.05, 0) is 44.4 Å². The molecule has 1 heterocycles. The van der Waals surface area contributed by atoms with Crippen molar-refractivity contribution in [1.29, 1.82) is 0 Å². The fourth-order valence-corrected chi connectivity index (χ4v) is 3.58. The quantitative estimate of drug-likeness (QED) is 0.737. The molecule has 7 nitrogen and oxygen atoms in total. The van der Waals surface area contributed by atoms with E-state index in [0.29, 0.717) is 35.5 Å². The highest BCUT2D eigenvalue weighted by Crippen LogP contribution is 2.30. The minimum absolute atomic E-state index is 0.340. The fourth-order valence-electron chi connectivity index (χ4n) is 3.58. The van der Waals surface area contributed by atoms with Gasteiger partial charge in [0.15, 0.2) is 0 Å². The Morgan fingerprint density at radius 3 is 2.50 bits per heavy atom. The van der Waals surface area contributed by atoms with Crippen molar-refractivity contribution in [1.82, 2.24) is 9.97 Å². The molecule has 0 radical (unpaired) electrons. The Bertz CT molecular complexity index is 580. The summed E-state index contributed by atoms with van der Waals surface area (Å²) in [5, 5.41) is 6.72. The third-order valence-corrected chi connectivity index (χ3v) is 5.11. The molecule has 0 unspecified atom stereocenters. The molecule has 0 saturated heterocycles. The first-order valence-corrected chi connectivity index (χ1v) is 8.78. The van der Waals surface area contributed by atoms with Crippen LogP contribution in [0.25, 0.3) is 0 Å². The van der Waals surface area contributed by atoms with Crippen molar-refractivity contribution < 1.29 is 9.53 Å². The highest BCUT2D eigenvalue weighted by molar-refractivity contribution is 5.97. The van der Waals surface area contributed by atoms with E-state index in [4.69, 9.17) is 10.5 Å². The van der Waals surface area contributed by atoms with Crippen LogP contribution in [-0.4, -0.2) is 41.2 Å². The summed E-state index contributed by atoms with van der Waals surface area (Å²) in [6.07, 6.45) is 8.20. The number of methoxy groups -OCH3 is 1. The van der Waals surface area contributed by atoms with Crippen molar-refractivity contribution in [3.05, 3.63) is 11.8 Å². The Morgan fingerprint density at radius 1 is 1.21 bits per heavy atom. The molecule has 7 heteroatoms. The van der Waals surface area contributed by atoms with Crippen LogP contribution >= 0.6 is 0 Å². The van der Waals surface area contributed by atoms with Crippen molar-refractivity contribution >= 4 is 17.7 Å². The van der Waals surface area contributed by atoms with Crippen molar-refractivity contribution in [2.24, 2.45) is 11.7 Å². The van der Waals surface area contributed by atoms with E-state index in [1.807, 2.05) is 0 Å². The second kappa shape index (κ2) is 7.34. The number of carbonyl (C=O) groups excluding carboxylic acids is 1. The largest absolute Gasteiger partial charge is 0.381 e. The number of hydrogen-bond donors (Lipinski definition) is 3. The van der Waals surface area contributed by atoms with E-state index in [2.05, 4.69) is 27.5 Å². The van der Waals surface area contributed by atoms with Crippen LogP contribution in [0.15, 0.2) is 6.20 Å². The summed E-state index contributed by atoms with van der Waals surface area (Å²) in [5.74, 6) is 1.31. The van der Waals surface area contributed by atoms with Crippen molar-refractivity contribution in [2.75, 3.05) is 17.7 Å². The average Bonchev–Trinajstić information content (AvgIpc) is 2.54. The molecule has 2 fully saturated rings. The molecule has 2 aliphatic rings. The van der Waals surface area contributed by atoms with Gasteiger partial charge < -0.3 is 21.1 Å². The van der Waals surface area contributed by atoms with Gasteiger partial charge in [0.2, 0.25) is 5.95 Å². The topological polar surface area (TPSA) is 102 Å². The molecule has 4 N–H and O–H groups in total. The Labute approximate surface area is 142 Å². The second-order valence-corrected chi connectivity index (χ2v) is 7.09. The maximum absolute atomic E-state index is 11.6. The van der Waals surface area contributed by atoms with Gasteiger partial charge in [-0.25, -0.2) is 4.98 Å². The predicted molar refractivity (Wildman–Crippen MR) is 93.0 cm³/mol. The van der Waals surface area contributed by atoms with E-state index in [9.17, 15) is 4.79 Å². The standard InChI is InChI=1S/C17H27N5O2/c1-10-7-12(8-10)20-16-14(15(18)23)9-19-17(22-16)21-11-3-5-13(24-2)6-4-11/h9-13H,3-8H2,1-2H3,(H2,18,23)(H2,19,20,21,22). The van der Waals surface area contributed by atoms with Crippen molar-refractivity contribution in [3.63, 3.8) is 0 Å². The lowest BCUT2D eigenvalue weighted by Gasteiger charge is -2.34. The number of anilines is 2. The number of primary amides is 1. The highest BCUT2D eigenvalue weighted by Gasteiger charge is 2.27. The first kappa shape index (κ1) is 17.0. The number of nitrogens with one attached hydrogen (secondary N) is 2. The molecule has 0 bridgehead atoms. The van der Waals surface area contributed by atoms with Crippen LogP contribution in [0.5, 0.6) is 0 Å². The molecule has 24 heavy (non-hydrogen) atoms. The molecule has 1 amide bonds. The van der Waals surface area contributed by atoms with E-state index in [1.165, 1.54) is 6.20 Å². The molecular formula is C17H27N5O2. The molecule has 2 saturated carbocycles. The molecule has 0 spiro atoms. The van der Waals surface area contributed by atoms with E-state index in [1.54, 1.807) is 7.11 Å². The molecule has 0 aromatic carbocycles. The van der Waals surface area contributed by atoms with Gasteiger partial charge in [-0.15, -0.1) is 0 Å². The van der Waals surface area contributed by atoms with Gasteiger partial charge in [-0.1, -0.05) is 6.92 Å². The number of nitrogens with two attached hydrogens (primary N) is 1. The third kappa shape index (κ3) is 3.95. The number of carbonyl (C=O) groups is 1. The molecule has 0 atom stereocenters. The summed E-state index contributed by atoms with van der Waals surface area (Å²) in [6.45, 7) is 2.22. The van der Waals surface area contributed by atoms with E-state index in [0.717, 1.165) is 44.4 Å². The molecule has 1 aromatic rings. The lowest BCUT2D eigenvalue weighted by molar-refractivity contribution is 0.0681. The van der Waals surface area contributed by atoms with Crippen LogP contribution in [0.4, 0.5) is 11.8 Å². The fraction of sp³-hybridized carbons (Fsp3) is 0.706. The molecule has 0 aliphatic heterocycles. The minimum atomic E-state index is -0.503. The minimum Gasteiger partial charge on any atom is -0.381 e. The van der Waals surface area contributed by atoms with E-state index < -0.39 is 5.91 Å². The Balaban J connectivity index is 1.66. The Kier molecular flexibility index (Phi) is 5.18. The maximum Gasteiger partial charge on any atom is 0.254 e. The number of amides is 1. The summed E-state index contributed by atoms with van der Waals surface area (Å²) in [6, 6.07) is 0.699. The Morgan fingerprint density at radius 2 is 1.92 bits per heavy atom. The molecule has 1 aromatic heterocycles. The van der Waals surface area contributed by atoms with Gasteiger partial charge >= 0.3 is 0 Å². The zero-order valence-corrected chi connectivity index (χ0v) is 14.4. The van der Waals surface area contributed by atoms with Gasteiger partial charge in [-0.3, -0.25) is 4.79 Å². The smallest absolute Gasteiger partial charge is 0.254 e. The normalized spacial score (nSPS) is 29.6. The van der Waals surface area contributed by atoms with Crippen molar-refractivity contribution in [3.8, 4) is 0 Å². The lowest BCUT2D eigenvalue weighted by Crippen LogP contribution is -2.35. The number of hydrogen-bond acceptors (Lipinski definition) is 6. The molecule has 132 valence electrons. The first-order chi connectivity index (χ1) is 11.5. The molecule has 2 aliphatic carbocycles. The maximum atomic E-state index is 11.6. The lowest BCUT2D eigenvalue weighted by atomic mass is 9.82. The van der Waals surface area contributed by atoms with Gasteiger partial charge in [0.25, 0.3) is 5.91 Å². The zero-order valence-electron chi connectivity index (χ0n) is 14.4. The van der Waals surface area contributed by atoms with Crippen LogP contribution in [0, 0.1) is 5.92 Å². The Hall–Kier alpha value is -1.89. The average molecular weight is 333 g/mol. The third-order valence-electron chi connectivity index (χ3n) is 5.11. The summed E-state index contributed by atoms with van der Waals surface area (Å²) < 4.78 is 5.40. The molecular weight excluding hydrogens is 306 g/mol. The van der Waals surface area contributed by atoms with Crippen LogP contribution in [0.3, 0.4) is 0 Å². The number of aromatic nitrogens is 2. The highest BCUT2D eigenvalue weighted by atomic mass is 16.5. The van der Waals surface area contributed by atoms with Gasteiger partial charge in [-0.2, -0.15) is 4.98 Å². The number of nitrogens with zero attached hydrogens (tertiary/aromatic N) is 2. The summed E-state index contributed by atoms with van der Waals surface area (Å²) in [4.78, 5) is 20.4. The van der Waals surface area contributed by atoms with Crippen LogP contribution < -0.4 is 16.4 Å². The molecule has 3 rings (SSSR count). The van der Waals surface area contributed by atoms with Gasteiger partial charge in [0, 0.05) is 25.4 Å². The van der Waals surface area contributed by atoms with E-state index in [-0.39, 0.29) is 0 Å². The first-order valence-electron chi connectivity index (χ1n) is 8.78. The summed E-state index contributed by atoms with van der Waals surface area (Å²) >= 11 is 0. The van der Waals surface area contributed by atoms with Crippen LogP contribution in [0.2, 0.25) is 0 Å². The predicted octanol–water partition coefficient (Wildman–Crippen LogP) is 2.16. The second-order valence-electron chi connectivity index (χ2n) is 7.09. The number of ether oxygens (including phenoxy) is 1. The monoisotopic (exact) mass is 333 g/mol. The van der Waals surface area contributed by atoms with Crippen molar-refractivity contribution in [2.45, 2.75) is 63.6 Å². The summed E-state index contributed by atoms with van der Waals surface area (Å²) in [7, 11) is 1.77. The van der Waals surface area contributed by atoms with Gasteiger partial charge in [0.05, 0.1) is 11.7 Å². The van der Waals surface area contributed by atoms with E-state index >= 15 is 0 Å². The number of rotatable bonds is 6. The van der Waals surface area contributed by atoms with Crippen LogP contribution in [-0.2, 0) is 4.74 Å². The van der Waals surface area contributed by atoms with Gasteiger partial charge in [0.1, 0.15) is 5.82 Å².